The topological polar surface area (TPSA) is 72.3 Å². The van der Waals surface area contributed by atoms with Gasteiger partial charge in [-0.3, -0.25) is 0 Å². The van der Waals surface area contributed by atoms with Crippen molar-refractivity contribution in [3.63, 3.8) is 0 Å². The number of oxazole rings is 1. The van der Waals surface area contributed by atoms with Gasteiger partial charge in [-0.2, -0.15) is 0 Å². The maximum atomic E-state index is 9.19. The van der Waals surface area contributed by atoms with Gasteiger partial charge < -0.3 is 15.3 Å². The summed E-state index contributed by atoms with van der Waals surface area (Å²) >= 11 is 3.35. The average Bonchev–Trinajstić information content (AvgIpc) is 2.57. The number of halogens is 1. The zero-order chi connectivity index (χ0) is 11.7. The summed E-state index contributed by atoms with van der Waals surface area (Å²) in [5, 5.41) is 9.19. The minimum atomic E-state index is -0.348. The van der Waals surface area contributed by atoms with Crippen molar-refractivity contribution in [1.82, 2.24) is 4.98 Å². The number of benzene rings is 1. The number of rotatable bonds is 3. The number of aliphatic hydroxyl groups is 1. The molecule has 1 heterocycles. The molecule has 1 unspecified atom stereocenters. The molecule has 5 heteroatoms. The molecular weight excluding hydrogens is 272 g/mol. The molecule has 0 aliphatic rings. The largest absolute Gasteiger partial charge is 0.439 e. The van der Waals surface area contributed by atoms with E-state index in [4.69, 9.17) is 10.2 Å². The van der Waals surface area contributed by atoms with Crippen LogP contribution in [0, 0.1) is 0 Å². The van der Waals surface area contributed by atoms with E-state index in [1.165, 1.54) is 0 Å². The monoisotopic (exact) mass is 284 g/mol. The molecule has 1 atom stereocenters. The molecule has 16 heavy (non-hydrogen) atoms. The van der Waals surface area contributed by atoms with Crippen molar-refractivity contribution in [2.45, 2.75) is 25.9 Å². The molecule has 0 bridgehead atoms. The summed E-state index contributed by atoms with van der Waals surface area (Å²) in [6.07, 6.45) is 0.899. The van der Waals surface area contributed by atoms with Gasteiger partial charge in [0, 0.05) is 10.9 Å². The van der Waals surface area contributed by atoms with E-state index in [1.807, 2.05) is 6.07 Å². The van der Waals surface area contributed by atoms with Gasteiger partial charge in [-0.25, -0.2) is 4.98 Å². The Balaban J connectivity index is 2.33. The molecule has 0 saturated carbocycles. The summed E-state index contributed by atoms with van der Waals surface area (Å²) in [6, 6.07) is 3.65. The van der Waals surface area contributed by atoms with E-state index in [1.54, 1.807) is 13.0 Å². The first-order chi connectivity index (χ1) is 7.56. The third kappa shape index (κ3) is 2.36. The molecule has 1 aromatic heterocycles. The Bertz CT molecular complexity index is 508. The highest BCUT2D eigenvalue weighted by molar-refractivity contribution is 9.10. The van der Waals surface area contributed by atoms with Gasteiger partial charge in [0.25, 0.3) is 0 Å². The number of hydrogen-bond acceptors (Lipinski definition) is 4. The van der Waals surface area contributed by atoms with Gasteiger partial charge >= 0.3 is 0 Å². The van der Waals surface area contributed by atoms with Crippen LogP contribution in [0.25, 0.3) is 11.1 Å². The van der Waals surface area contributed by atoms with Crippen molar-refractivity contribution >= 4 is 32.7 Å². The van der Waals surface area contributed by atoms with Crippen LogP contribution in [-0.2, 0) is 6.42 Å². The van der Waals surface area contributed by atoms with E-state index in [0.717, 1.165) is 9.99 Å². The first kappa shape index (κ1) is 11.4. The van der Waals surface area contributed by atoms with E-state index >= 15 is 0 Å². The van der Waals surface area contributed by atoms with Gasteiger partial charge in [0.05, 0.1) is 11.8 Å². The number of fused-ring (bicyclic) bond motifs is 1. The molecule has 0 fully saturated rings. The number of anilines is 1. The molecule has 3 N–H and O–H groups in total. The lowest BCUT2D eigenvalue weighted by atomic mass is 10.2. The molecule has 4 nitrogen and oxygen atoms in total. The van der Waals surface area contributed by atoms with Crippen LogP contribution in [0.1, 0.15) is 19.2 Å². The van der Waals surface area contributed by atoms with Crippen LogP contribution in [0.4, 0.5) is 5.69 Å². The summed E-state index contributed by atoms with van der Waals surface area (Å²) in [5.74, 6) is 0.612. The standard InChI is InChI=1S/C11H13BrN2O2/c1-6(15)2-3-10-14-9-5-7(12)4-8(13)11(9)16-10/h4-6,15H,2-3,13H2,1H3. The number of nitrogen functional groups attached to an aromatic ring is 1. The zero-order valence-electron chi connectivity index (χ0n) is 8.90. The third-order valence-electron chi connectivity index (χ3n) is 2.30. The molecule has 86 valence electrons. The lowest BCUT2D eigenvalue weighted by molar-refractivity contribution is 0.182. The Labute approximate surface area is 102 Å². The Morgan fingerprint density at radius 3 is 3.00 bits per heavy atom. The Hall–Kier alpha value is -1.07. The van der Waals surface area contributed by atoms with Crippen LogP contribution in [0.2, 0.25) is 0 Å². The predicted octanol–water partition coefficient (Wildman–Crippen LogP) is 2.49. The highest BCUT2D eigenvalue weighted by Gasteiger charge is 2.10. The van der Waals surface area contributed by atoms with E-state index in [-0.39, 0.29) is 6.10 Å². The fourth-order valence-electron chi connectivity index (χ4n) is 1.51. The number of hydrogen-bond donors (Lipinski definition) is 2. The SMILES string of the molecule is CC(O)CCc1nc2cc(Br)cc(N)c2o1. The van der Waals surface area contributed by atoms with Crippen LogP contribution < -0.4 is 5.73 Å². The molecule has 0 spiro atoms. The van der Waals surface area contributed by atoms with Crippen LogP contribution in [0.3, 0.4) is 0 Å². The maximum absolute atomic E-state index is 9.19. The fraction of sp³-hybridized carbons (Fsp3) is 0.364. The van der Waals surface area contributed by atoms with Crippen molar-refractivity contribution in [2.24, 2.45) is 0 Å². The molecule has 0 radical (unpaired) electrons. The Morgan fingerprint density at radius 1 is 1.56 bits per heavy atom. The molecule has 0 aliphatic heterocycles. The molecule has 2 aromatic rings. The second-order valence-electron chi connectivity index (χ2n) is 3.84. The van der Waals surface area contributed by atoms with Crippen LogP contribution in [-0.4, -0.2) is 16.2 Å². The van der Waals surface area contributed by atoms with Crippen LogP contribution in [0.15, 0.2) is 21.0 Å². The average molecular weight is 285 g/mol. The van der Waals surface area contributed by atoms with Crippen molar-refractivity contribution in [1.29, 1.82) is 0 Å². The number of nitrogens with zero attached hydrogens (tertiary/aromatic N) is 1. The van der Waals surface area contributed by atoms with Gasteiger partial charge in [-0.1, -0.05) is 15.9 Å². The van der Waals surface area contributed by atoms with Crippen molar-refractivity contribution < 1.29 is 9.52 Å². The van der Waals surface area contributed by atoms with Crippen molar-refractivity contribution in [2.75, 3.05) is 5.73 Å². The Kier molecular flexibility index (Phi) is 3.16. The number of aliphatic hydroxyl groups excluding tert-OH is 1. The van der Waals surface area contributed by atoms with Gasteiger partial charge in [0.2, 0.25) is 0 Å². The normalized spacial score (nSPS) is 13.2. The summed E-state index contributed by atoms with van der Waals surface area (Å²) in [4.78, 5) is 4.32. The second-order valence-corrected chi connectivity index (χ2v) is 4.75. The van der Waals surface area contributed by atoms with Crippen LogP contribution >= 0.6 is 15.9 Å². The molecule has 0 saturated heterocycles. The smallest absolute Gasteiger partial charge is 0.195 e. The number of aromatic nitrogens is 1. The first-order valence-corrected chi connectivity index (χ1v) is 5.88. The quantitative estimate of drug-likeness (QED) is 0.850. The number of aryl methyl sites for hydroxylation is 1. The van der Waals surface area contributed by atoms with Gasteiger partial charge in [-0.05, 0) is 25.5 Å². The fourth-order valence-corrected chi connectivity index (χ4v) is 1.97. The zero-order valence-corrected chi connectivity index (χ0v) is 10.5. The molecule has 0 amide bonds. The minimum absolute atomic E-state index is 0.348. The van der Waals surface area contributed by atoms with Crippen LogP contribution in [0.5, 0.6) is 0 Å². The van der Waals surface area contributed by atoms with Crippen molar-refractivity contribution in [3.8, 4) is 0 Å². The summed E-state index contributed by atoms with van der Waals surface area (Å²) < 4.78 is 6.42. The van der Waals surface area contributed by atoms with Gasteiger partial charge in [-0.15, -0.1) is 0 Å². The summed E-state index contributed by atoms with van der Waals surface area (Å²) in [6.45, 7) is 1.74. The second kappa shape index (κ2) is 4.43. The molecular formula is C11H13BrN2O2. The summed E-state index contributed by atoms with van der Waals surface area (Å²) in [5.41, 5.74) is 7.74. The van der Waals surface area contributed by atoms with Gasteiger partial charge in [0.1, 0.15) is 5.52 Å². The summed E-state index contributed by atoms with van der Waals surface area (Å²) in [7, 11) is 0. The molecule has 2 rings (SSSR count). The van der Waals surface area contributed by atoms with E-state index < -0.39 is 0 Å². The van der Waals surface area contributed by atoms with Crippen molar-refractivity contribution in [3.05, 3.63) is 22.5 Å². The highest BCUT2D eigenvalue weighted by atomic mass is 79.9. The highest BCUT2D eigenvalue weighted by Crippen LogP contribution is 2.27. The molecule has 0 aliphatic carbocycles. The van der Waals surface area contributed by atoms with E-state index in [0.29, 0.717) is 30.0 Å². The maximum Gasteiger partial charge on any atom is 0.195 e. The Morgan fingerprint density at radius 2 is 2.31 bits per heavy atom. The lowest BCUT2D eigenvalue weighted by Crippen LogP contribution is -2.01. The molecule has 1 aromatic carbocycles. The first-order valence-electron chi connectivity index (χ1n) is 5.09. The van der Waals surface area contributed by atoms with Gasteiger partial charge in [0.15, 0.2) is 11.5 Å². The predicted molar refractivity (Wildman–Crippen MR) is 66.1 cm³/mol. The number of nitrogens with two attached hydrogens (primary N) is 1. The third-order valence-corrected chi connectivity index (χ3v) is 2.76. The van der Waals surface area contributed by atoms with E-state index in [2.05, 4.69) is 20.9 Å². The lowest BCUT2D eigenvalue weighted by Gasteiger charge is -1.98. The van der Waals surface area contributed by atoms with E-state index in [9.17, 15) is 5.11 Å². The minimum Gasteiger partial charge on any atom is -0.439 e.